The van der Waals surface area contributed by atoms with Crippen LogP contribution in [0.3, 0.4) is 0 Å². The van der Waals surface area contributed by atoms with Crippen molar-refractivity contribution < 1.29 is 18.0 Å². The van der Waals surface area contributed by atoms with Crippen molar-refractivity contribution in [1.29, 1.82) is 0 Å². The van der Waals surface area contributed by atoms with E-state index < -0.39 is 20.9 Å². The molecule has 2 aromatic carbocycles. The minimum Gasteiger partial charge on any atom is -0.326 e. The molecule has 0 bridgehead atoms. The van der Waals surface area contributed by atoms with Gasteiger partial charge in [-0.1, -0.05) is 13.8 Å². The van der Waals surface area contributed by atoms with Crippen molar-refractivity contribution in [3.05, 3.63) is 47.0 Å². The Hall–Kier alpha value is -2.87. The van der Waals surface area contributed by atoms with E-state index in [1.807, 2.05) is 34.6 Å². The highest BCUT2D eigenvalue weighted by Gasteiger charge is 2.43. The van der Waals surface area contributed by atoms with E-state index in [-0.39, 0.29) is 23.1 Å². The molecule has 0 aliphatic carbocycles. The number of likely N-dealkylation sites (N-methyl/N-ethyl adjacent to an activating group) is 1. The molecular formula is C23H27N3O4S. The van der Waals surface area contributed by atoms with Gasteiger partial charge < -0.3 is 10.2 Å². The third-order valence-electron chi connectivity index (χ3n) is 6.31. The molecule has 2 aliphatic rings. The second kappa shape index (κ2) is 6.56. The highest BCUT2D eigenvalue weighted by molar-refractivity contribution is 7.92. The molecule has 2 aromatic rings. The quantitative estimate of drug-likeness (QED) is 0.760. The Labute approximate surface area is 182 Å². The Balaban J connectivity index is 1.73. The number of amides is 2. The molecule has 0 unspecified atom stereocenters. The van der Waals surface area contributed by atoms with Gasteiger partial charge in [-0.05, 0) is 67.8 Å². The molecule has 4 rings (SSSR count). The lowest BCUT2D eigenvalue weighted by molar-refractivity contribution is -0.121. The number of hydrogen-bond donors (Lipinski definition) is 2. The lowest BCUT2D eigenvalue weighted by atomic mass is 9.78. The van der Waals surface area contributed by atoms with Crippen LogP contribution >= 0.6 is 0 Å². The predicted octanol–water partition coefficient (Wildman–Crippen LogP) is 3.67. The van der Waals surface area contributed by atoms with Crippen LogP contribution < -0.4 is 14.9 Å². The number of benzene rings is 2. The number of carbonyl (C=O) groups excluding carboxylic acids is 2. The second-order valence-corrected chi connectivity index (χ2v) is 11.3. The van der Waals surface area contributed by atoms with Crippen molar-refractivity contribution >= 4 is 38.9 Å². The second-order valence-electron chi connectivity index (χ2n) is 9.60. The number of anilines is 3. The average molecular weight is 442 g/mol. The number of aryl methyl sites for hydroxylation is 1. The standard InChI is InChI=1S/C23H27N3O4S/c1-13-9-14(10-17-20(13)26(6)21(28)23(17,4)5)25-31(29,30)15-7-8-18-16(11-15)22(2,3)12-19(27)24-18/h7-11,25H,12H2,1-6H3,(H,24,27). The number of nitrogens with zero attached hydrogens (tertiary/aromatic N) is 1. The van der Waals surface area contributed by atoms with Crippen LogP contribution in [0.2, 0.25) is 0 Å². The van der Waals surface area contributed by atoms with Crippen LogP contribution in [0.4, 0.5) is 17.1 Å². The van der Waals surface area contributed by atoms with Crippen LogP contribution in [0.15, 0.2) is 35.2 Å². The number of fused-ring (bicyclic) bond motifs is 2. The van der Waals surface area contributed by atoms with E-state index in [1.165, 1.54) is 6.07 Å². The molecule has 8 heteroatoms. The van der Waals surface area contributed by atoms with Gasteiger partial charge in [-0.2, -0.15) is 0 Å². The summed E-state index contributed by atoms with van der Waals surface area (Å²) in [4.78, 5) is 26.3. The molecule has 0 saturated heterocycles. The average Bonchev–Trinajstić information content (AvgIpc) is 2.81. The summed E-state index contributed by atoms with van der Waals surface area (Å²) in [5, 5.41) is 2.81. The number of carbonyl (C=O) groups is 2. The van der Waals surface area contributed by atoms with Gasteiger partial charge in [0.25, 0.3) is 10.0 Å². The predicted molar refractivity (Wildman–Crippen MR) is 121 cm³/mol. The first kappa shape index (κ1) is 21.4. The minimum atomic E-state index is -3.87. The number of sulfonamides is 1. The fourth-order valence-corrected chi connectivity index (χ4v) is 5.73. The van der Waals surface area contributed by atoms with Crippen molar-refractivity contribution in [2.24, 2.45) is 0 Å². The summed E-state index contributed by atoms with van der Waals surface area (Å²) in [7, 11) is -2.13. The van der Waals surface area contributed by atoms with Gasteiger partial charge in [-0.15, -0.1) is 0 Å². The minimum absolute atomic E-state index is 0.0235. The van der Waals surface area contributed by atoms with Crippen LogP contribution in [0.5, 0.6) is 0 Å². The zero-order valence-corrected chi connectivity index (χ0v) is 19.4. The Kier molecular flexibility index (Phi) is 4.52. The normalized spacial score (nSPS) is 19.0. The van der Waals surface area contributed by atoms with E-state index >= 15 is 0 Å². The van der Waals surface area contributed by atoms with Crippen LogP contribution in [0.25, 0.3) is 0 Å². The maximum atomic E-state index is 13.2. The van der Waals surface area contributed by atoms with E-state index in [4.69, 9.17) is 0 Å². The van der Waals surface area contributed by atoms with Crippen LogP contribution in [-0.4, -0.2) is 27.3 Å². The summed E-state index contributed by atoms with van der Waals surface area (Å²) in [6.45, 7) is 9.40. The van der Waals surface area contributed by atoms with Crippen LogP contribution in [0, 0.1) is 6.92 Å². The molecule has 0 radical (unpaired) electrons. The van der Waals surface area contributed by atoms with Gasteiger partial charge >= 0.3 is 0 Å². The van der Waals surface area contributed by atoms with Gasteiger partial charge in [0, 0.05) is 30.3 Å². The molecule has 2 heterocycles. The summed E-state index contributed by atoms with van der Waals surface area (Å²) in [5.41, 5.74) is 3.08. The fraction of sp³-hybridized carbons (Fsp3) is 0.391. The third kappa shape index (κ3) is 3.29. The maximum absolute atomic E-state index is 13.2. The van der Waals surface area contributed by atoms with Gasteiger partial charge in [-0.3, -0.25) is 14.3 Å². The molecule has 2 N–H and O–H groups in total. The first-order valence-corrected chi connectivity index (χ1v) is 11.6. The van der Waals surface area contributed by atoms with Crippen LogP contribution in [0.1, 0.15) is 50.8 Å². The highest BCUT2D eigenvalue weighted by atomic mass is 32.2. The van der Waals surface area contributed by atoms with Crippen molar-refractivity contribution in [2.45, 2.75) is 56.8 Å². The van der Waals surface area contributed by atoms with E-state index in [9.17, 15) is 18.0 Å². The van der Waals surface area contributed by atoms with Gasteiger partial charge in [0.2, 0.25) is 11.8 Å². The molecule has 0 fully saturated rings. The molecule has 0 atom stereocenters. The van der Waals surface area contributed by atoms with Crippen molar-refractivity contribution in [3.8, 4) is 0 Å². The fourth-order valence-electron chi connectivity index (χ4n) is 4.66. The molecule has 0 aromatic heterocycles. The lowest BCUT2D eigenvalue weighted by Crippen LogP contribution is -2.33. The molecular weight excluding hydrogens is 414 g/mol. The van der Waals surface area contributed by atoms with E-state index in [1.54, 1.807) is 36.2 Å². The SMILES string of the molecule is Cc1cc(NS(=O)(=O)c2ccc3c(c2)C(C)(C)CC(=O)N3)cc2c1N(C)C(=O)C2(C)C. The van der Waals surface area contributed by atoms with E-state index in [0.717, 1.165) is 22.4 Å². The molecule has 7 nitrogen and oxygen atoms in total. The van der Waals surface area contributed by atoms with Gasteiger partial charge in [0.15, 0.2) is 0 Å². The highest BCUT2D eigenvalue weighted by Crippen LogP contribution is 2.44. The third-order valence-corrected chi connectivity index (χ3v) is 7.69. The zero-order valence-electron chi connectivity index (χ0n) is 18.6. The van der Waals surface area contributed by atoms with Gasteiger partial charge in [0.1, 0.15) is 0 Å². The summed E-state index contributed by atoms with van der Waals surface area (Å²) in [6.07, 6.45) is 0.289. The Morgan fingerprint density at radius 3 is 2.39 bits per heavy atom. The van der Waals surface area contributed by atoms with Gasteiger partial charge in [0.05, 0.1) is 16.0 Å². The Morgan fingerprint density at radius 1 is 1.03 bits per heavy atom. The summed E-state index contributed by atoms with van der Waals surface area (Å²) < 4.78 is 29.0. The van der Waals surface area contributed by atoms with E-state index in [0.29, 0.717) is 11.4 Å². The molecule has 31 heavy (non-hydrogen) atoms. The van der Waals surface area contributed by atoms with Crippen LogP contribution in [-0.2, 0) is 30.4 Å². The Bertz CT molecular complexity index is 1250. The maximum Gasteiger partial charge on any atom is 0.261 e. The number of nitrogens with one attached hydrogen (secondary N) is 2. The first-order valence-electron chi connectivity index (χ1n) is 10.1. The number of hydrogen-bond acceptors (Lipinski definition) is 4. The molecule has 2 aliphatic heterocycles. The molecule has 0 saturated carbocycles. The van der Waals surface area contributed by atoms with E-state index in [2.05, 4.69) is 10.0 Å². The molecule has 0 spiro atoms. The molecule has 2 amide bonds. The summed E-state index contributed by atoms with van der Waals surface area (Å²) in [6, 6.07) is 8.23. The lowest BCUT2D eigenvalue weighted by Gasteiger charge is -2.32. The zero-order chi connectivity index (χ0) is 22.9. The van der Waals surface area contributed by atoms with Crippen molar-refractivity contribution in [1.82, 2.24) is 0 Å². The summed E-state index contributed by atoms with van der Waals surface area (Å²) >= 11 is 0. The molecule has 164 valence electrons. The smallest absolute Gasteiger partial charge is 0.261 e. The topological polar surface area (TPSA) is 95.6 Å². The monoisotopic (exact) mass is 441 g/mol. The number of rotatable bonds is 3. The largest absolute Gasteiger partial charge is 0.326 e. The Morgan fingerprint density at radius 2 is 1.71 bits per heavy atom. The van der Waals surface area contributed by atoms with Crippen molar-refractivity contribution in [3.63, 3.8) is 0 Å². The summed E-state index contributed by atoms with van der Waals surface area (Å²) in [5.74, 6) is -0.105. The van der Waals surface area contributed by atoms with Crippen molar-refractivity contribution in [2.75, 3.05) is 22.0 Å². The van der Waals surface area contributed by atoms with Gasteiger partial charge in [-0.25, -0.2) is 8.42 Å². The first-order chi connectivity index (χ1) is 14.2.